The molecule has 0 aromatic carbocycles. The number of aliphatic hydroxyl groups excluding tert-OH is 2. The van der Waals surface area contributed by atoms with E-state index in [1.807, 2.05) is 0 Å². The molecule has 0 spiro atoms. The number of hydrogen-bond donors (Lipinski definition) is 3. The summed E-state index contributed by atoms with van der Waals surface area (Å²) in [5, 5.41) is 22.8. The molecule has 1 amide bonds. The van der Waals surface area contributed by atoms with E-state index in [-0.39, 0.29) is 46.2 Å². The number of carbonyl (C=O) groups excluding carboxylic acids is 1. The van der Waals surface area contributed by atoms with E-state index in [1.54, 1.807) is 11.1 Å². The molecule has 0 heterocycles. The lowest BCUT2D eigenvalue weighted by Gasteiger charge is -2.62. The molecule has 0 aromatic rings. The first kappa shape index (κ1) is 23.3. The Kier molecular flexibility index (Phi) is 5.70. The number of fused-ring (bicyclic) bond motifs is 4. The van der Waals surface area contributed by atoms with Crippen LogP contribution in [0.25, 0.3) is 0 Å². The van der Waals surface area contributed by atoms with Crippen LogP contribution in [0.2, 0.25) is 0 Å². The normalized spacial score (nSPS) is 44.8. The molecule has 4 aliphatic carbocycles. The van der Waals surface area contributed by atoms with Crippen molar-refractivity contribution in [2.75, 3.05) is 13.2 Å². The second kappa shape index (κ2) is 7.58. The van der Waals surface area contributed by atoms with Crippen LogP contribution >= 0.6 is 0 Å². The van der Waals surface area contributed by atoms with E-state index in [0.29, 0.717) is 18.4 Å². The van der Waals surface area contributed by atoms with Gasteiger partial charge in [-0.15, -0.1) is 0 Å². The van der Waals surface area contributed by atoms with Crippen molar-refractivity contribution >= 4 is 5.91 Å². The van der Waals surface area contributed by atoms with Crippen LogP contribution in [-0.2, 0) is 4.79 Å². The van der Waals surface area contributed by atoms with Crippen LogP contribution in [0, 0.1) is 39.4 Å². The summed E-state index contributed by atoms with van der Waals surface area (Å²) < 4.78 is 0. The van der Waals surface area contributed by atoms with Crippen LogP contribution in [0.15, 0.2) is 11.1 Å². The maximum absolute atomic E-state index is 12.8. The molecule has 4 nitrogen and oxygen atoms in total. The van der Waals surface area contributed by atoms with Gasteiger partial charge in [-0.1, -0.05) is 52.7 Å². The van der Waals surface area contributed by atoms with E-state index in [4.69, 9.17) is 5.11 Å². The third kappa shape index (κ3) is 3.10. The minimum atomic E-state index is -0.189. The van der Waals surface area contributed by atoms with Crippen molar-refractivity contribution in [2.45, 2.75) is 99.0 Å². The van der Waals surface area contributed by atoms with Gasteiger partial charge in [0, 0.05) is 12.5 Å². The molecular formula is C27H45NO3. The van der Waals surface area contributed by atoms with Gasteiger partial charge in [0.1, 0.15) is 0 Å². The molecule has 176 valence electrons. The fourth-order valence-electron chi connectivity index (χ4n) is 9.04. The molecule has 0 aliphatic heterocycles. The summed E-state index contributed by atoms with van der Waals surface area (Å²) in [6.07, 6.45) is 8.79. The van der Waals surface area contributed by atoms with Crippen molar-refractivity contribution < 1.29 is 15.0 Å². The molecule has 0 radical (unpaired) electrons. The van der Waals surface area contributed by atoms with Crippen LogP contribution < -0.4 is 5.32 Å². The maximum Gasteiger partial charge on any atom is 0.223 e. The Morgan fingerprint density at radius 2 is 1.74 bits per heavy atom. The molecule has 0 saturated heterocycles. The molecule has 4 aliphatic rings. The van der Waals surface area contributed by atoms with Gasteiger partial charge in [0.25, 0.3) is 0 Å². The summed E-state index contributed by atoms with van der Waals surface area (Å²) in [7, 11) is 0. The number of amides is 1. The van der Waals surface area contributed by atoms with Gasteiger partial charge in [0.2, 0.25) is 5.91 Å². The Bertz CT molecular complexity index is 772. The average Bonchev–Trinajstić information content (AvgIpc) is 3.00. The van der Waals surface area contributed by atoms with Gasteiger partial charge in [0.15, 0.2) is 0 Å². The molecular weight excluding hydrogens is 386 g/mol. The molecule has 0 bridgehead atoms. The molecule has 0 aromatic heterocycles. The minimum absolute atomic E-state index is 0.000843. The summed E-state index contributed by atoms with van der Waals surface area (Å²) in [4.78, 5) is 12.8. The van der Waals surface area contributed by atoms with E-state index >= 15 is 0 Å². The lowest BCUT2D eigenvalue weighted by molar-refractivity contribution is -0.128. The van der Waals surface area contributed by atoms with E-state index in [2.05, 4.69) is 46.9 Å². The first-order valence-corrected chi connectivity index (χ1v) is 12.7. The Morgan fingerprint density at radius 3 is 2.42 bits per heavy atom. The third-order valence-corrected chi connectivity index (χ3v) is 11.2. The van der Waals surface area contributed by atoms with Crippen molar-refractivity contribution in [1.29, 1.82) is 0 Å². The summed E-state index contributed by atoms with van der Waals surface area (Å²) in [6.45, 7) is 14.5. The van der Waals surface area contributed by atoms with Crippen LogP contribution in [0.3, 0.4) is 0 Å². The van der Waals surface area contributed by atoms with Gasteiger partial charge in [-0.2, -0.15) is 0 Å². The number of carbonyl (C=O) groups is 1. The number of aliphatic hydroxyl groups is 2. The van der Waals surface area contributed by atoms with Gasteiger partial charge in [0.05, 0.1) is 12.7 Å². The summed E-state index contributed by atoms with van der Waals surface area (Å²) >= 11 is 0. The zero-order chi connectivity index (χ0) is 22.8. The van der Waals surface area contributed by atoms with Crippen molar-refractivity contribution in [3.8, 4) is 0 Å². The summed E-state index contributed by atoms with van der Waals surface area (Å²) in [5.41, 5.74) is 3.95. The molecule has 31 heavy (non-hydrogen) atoms. The molecule has 4 heteroatoms. The lowest BCUT2D eigenvalue weighted by atomic mass is 9.43. The number of hydrogen-bond acceptors (Lipinski definition) is 3. The molecule has 4 rings (SSSR count). The topological polar surface area (TPSA) is 69.6 Å². The largest absolute Gasteiger partial charge is 0.395 e. The minimum Gasteiger partial charge on any atom is -0.395 e. The van der Waals surface area contributed by atoms with Crippen LogP contribution in [-0.4, -0.2) is 35.4 Å². The fourth-order valence-corrected chi connectivity index (χ4v) is 9.04. The first-order valence-electron chi connectivity index (χ1n) is 12.7. The quantitative estimate of drug-likeness (QED) is 0.558. The van der Waals surface area contributed by atoms with E-state index in [0.717, 1.165) is 38.5 Å². The average molecular weight is 432 g/mol. The van der Waals surface area contributed by atoms with E-state index in [1.165, 1.54) is 12.8 Å². The highest BCUT2D eigenvalue weighted by Crippen LogP contribution is 2.72. The second-order valence-electron chi connectivity index (χ2n) is 12.5. The van der Waals surface area contributed by atoms with E-state index in [9.17, 15) is 9.90 Å². The predicted molar refractivity (Wildman–Crippen MR) is 124 cm³/mol. The van der Waals surface area contributed by atoms with Gasteiger partial charge in [-0.25, -0.2) is 0 Å². The highest BCUT2D eigenvalue weighted by molar-refractivity contribution is 5.78. The van der Waals surface area contributed by atoms with Crippen molar-refractivity contribution in [3.63, 3.8) is 0 Å². The van der Waals surface area contributed by atoms with Gasteiger partial charge >= 0.3 is 0 Å². The lowest BCUT2D eigenvalue weighted by Crippen LogP contribution is -2.55. The zero-order valence-corrected chi connectivity index (χ0v) is 20.7. The Hall–Kier alpha value is -0.870. The highest BCUT2D eigenvalue weighted by Gasteiger charge is 2.63. The molecule has 0 unspecified atom stereocenters. The Balaban J connectivity index is 1.68. The Morgan fingerprint density at radius 1 is 1.03 bits per heavy atom. The fraction of sp³-hybridized carbons (Fsp3) is 0.889. The van der Waals surface area contributed by atoms with E-state index < -0.39 is 0 Å². The molecule has 7 atom stereocenters. The van der Waals surface area contributed by atoms with Crippen LogP contribution in [0.1, 0.15) is 92.9 Å². The third-order valence-electron chi connectivity index (χ3n) is 11.2. The number of nitrogens with one attached hydrogen (secondary N) is 1. The summed E-state index contributed by atoms with van der Waals surface area (Å²) in [5.74, 6) is 1.02. The van der Waals surface area contributed by atoms with Gasteiger partial charge in [-0.3, -0.25) is 4.79 Å². The van der Waals surface area contributed by atoms with Gasteiger partial charge in [-0.05, 0) is 84.9 Å². The SMILES string of the molecule is C[C@H](C(=O)NCCO)[C@H]1CC[C@@]2(C)C3=C(CC[C@]12C)[C@@]1(C)CC[C@H](O)C(C)(C)[C@@H]1CC3. The van der Waals surface area contributed by atoms with Crippen molar-refractivity contribution in [1.82, 2.24) is 5.32 Å². The highest BCUT2D eigenvalue weighted by atomic mass is 16.3. The smallest absolute Gasteiger partial charge is 0.223 e. The first-order chi connectivity index (χ1) is 14.4. The van der Waals surface area contributed by atoms with Crippen molar-refractivity contribution in [3.05, 3.63) is 11.1 Å². The number of rotatable bonds is 4. The summed E-state index contributed by atoms with van der Waals surface area (Å²) in [6, 6.07) is 0. The van der Waals surface area contributed by atoms with Crippen LogP contribution in [0.4, 0.5) is 0 Å². The maximum atomic E-state index is 12.8. The molecule has 2 fully saturated rings. The van der Waals surface area contributed by atoms with Crippen LogP contribution in [0.5, 0.6) is 0 Å². The van der Waals surface area contributed by atoms with Crippen molar-refractivity contribution in [2.24, 2.45) is 39.4 Å². The standard InChI is InChI=1S/C27H45NO3/c1-17(23(31)28-15-16-29)18-9-13-27(6)20-7-8-21-24(2,3)22(30)11-12-25(21,4)19(20)10-14-26(18,27)5/h17-18,21-22,29-30H,7-16H2,1-6H3,(H,28,31)/t17-,18+,21-,22-,25+,26+,27-/m0/s1. The molecule has 2 saturated carbocycles. The predicted octanol–water partition coefficient (Wildman–Crippen LogP) is 4.84. The molecule has 3 N–H and O–H groups in total. The number of allylic oxidation sites excluding steroid dienone is 2. The zero-order valence-electron chi connectivity index (χ0n) is 20.7. The second-order valence-corrected chi connectivity index (χ2v) is 12.5. The Labute approximate surface area is 189 Å². The van der Waals surface area contributed by atoms with Gasteiger partial charge < -0.3 is 15.5 Å². The monoisotopic (exact) mass is 431 g/mol.